The number of hydrogen-bond donors (Lipinski definition) is 1. The number of rotatable bonds is 8. The lowest BCUT2D eigenvalue weighted by Crippen LogP contribution is -2.28. The summed E-state index contributed by atoms with van der Waals surface area (Å²) in [4.78, 5) is 2.47. The summed E-state index contributed by atoms with van der Waals surface area (Å²) in [7, 11) is 0. The third kappa shape index (κ3) is 5.33. The van der Waals surface area contributed by atoms with Gasteiger partial charge in [0.25, 0.3) is 0 Å². The minimum Gasteiger partial charge on any atom is -0.310 e. The SMILES string of the molecule is CCN(CC)CCCN[C@H](C)c1ccccc1. The molecular weight excluding hydrogens is 208 g/mol. The summed E-state index contributed by atoms with van der Waals surface area (Å²) in [6.07, 6.45) is 1.22. The second-order valence-electron chi connectivity index (χ2n) is 4.47. The molecule has 0 amide bonds. The fourth-order valence-electron chi connectivity index (χ4n) is 2.02. The second kappa shape index (κ2) is 8.26. The van der Waals surface area contributed by atoms with Crippen molar-refractivity contribution in [2.75, 3.05) is 26.2 Å². The molecule has 1 rings (SSSR count). The van der Waals surface area contributed by atoms with Crippen LogP contribution in [0.25, 0.3) is 0 Å². The second-order valence-corrected chi connectivity index (χ2v) is 4.47. The van der Waals surface area contributed by atoms with Crippen LogP contribution in [0.4, 0.5) is 0 Å². The van der Waals surface area contributed by atoms with E-state index in [4.69, 9.17) is 0 Å². The molecule has 0 aromatic heterocycles. The Morgan fingerprint density at radius 2 is 1.76 bits per heavy atom. The van der Waals surface area contributed by atoms with Crippen molar-refractivity contribution < 1.29 is 0 Å². The van der Waals surface area contributed by atoms with Gasteiger partial charge < -0.3 is 10.2 Å². The molecule has 96 valence electrons. The first kappa shape index (κ1) is 14.2. The highest BCUT2D eigenvalue weighted by Gasteiger charge is 2.03. The summed E-state index contributed by atoms with van der Waals surface area (Å²) in [6, 6.07) is 11.1. The molecule has 2 nitrogen and oxygen atoms in total. The predicted molar refractivity (Wildman–Crippen MR) is 75.3 cm³/mol. The molecule has 1 N–H and O–H groups in total. The third-order valence-corrected chi connectivity index (χ3v) is 3.30. The van der Waals surface area contributed by atoms with Crippen LogP contribution in [0.2, 0.25) is 0 Å². The van der Waals surface area contributed by atoms with Crippen molar-refractivity contribution in [1.82, 2.24) is 10.2 Å². The molecule has 0 aliphatic heterocycles. The minimum atomic E-state index is 0.452. The van der Waals surface area contributed by atoms with Crippen LogP contribution < -0.4 is 5.32 Å². The maximum atomic E-state index is 3.58. The monoisotopic (exact) mass is 234 g/mol. The molecule has 0 unspecified atom stereocenters. The predicted octanol–water partition coefficient (Wildman–Crippen LogP) is 3.07. The van der Waals surface area contributed by atoms with Crippen LogP contribution >= 0.6 is 0 Å². The summed E-state index contributed by atoms with van der Waals surface area (Å²) in [5.74, 6) is 0. The van der Waals surface area contributed by atoms with Crippen molar-refractivity contribution in [3.63, 3.8) is 0 Å². The molecule has 1 aromatic carbocycles. The zero-order valence-corrected chi connectivity index (χ0v) is 11.4. The van der Waals surface area contributed by atoms with Gasteiger partial charge in [-0.2, -0.15) is 0 Å². The Morgan fingerprint density at radius 3 is 2.35 bits per heavy atom. The zero-order chi connectivity index (χ0) is 12.5. The van der Waals surface area contributed by atoms with Crippen LogP contribution in [0.5, 0.6) is 0 Å². The van der Waals surface area contributed by atoms with Crippen LogP contribution in [-0.4, -0.2) is 31.1 Å². The van der Waals surface area contributed by atoms with Crippen molar-refractivity contribution in [2.24, 2.45) is 0 Å². The highest BCUT2D eigenvalue weighted by atomic mass is 15.1. The van der Waals surface area contributed by atoms with Gasteiger partial charge in [-0.1, -0.05) is 44.2 Å². The van der Waals surface area contributed by atoms with Crippen molar-refractivity contribution >= 4 is 0 Å². The molecule has 1 atom stereocenters. The van der Waals surface area contributed by atoms with Crippen LogP contribution in [0.3, 0.4) is 0 Å². The number of nitrogens with zero attached hydrogens (tertiary/aromatic N) is 1. The van der Waals surface area contributed by atoms with Gasteiger partial charge in [-0.25, -0.2) is 0 Å². The summed E-state index contributed by atoms with van der Waals surface area (Å²) in [5, 5.41) is 3.58. The van der Waals surface area contributed by atoms with Crippen molar-refractivity contribution in [2.45, 2.75) is 33.2 Å². The van der Waals surface area contributed by atoms with Gasteiger partial charge in [-0.3, -0.25) is 0 Å². The Morgan fingerprint density at radius 1 is 1.12 bits per heavy atom. The molecule has 0 heterocycles. The highest BCUT2D eigenvalue weighted by molar-refractivity contribution is 5.17. The van der Waals surface area contributed by atoms with Gasteiger partial charge in [0, 0.05) is 6.04 Å². The van der Waals surface area contributed by atoms with E-state index in [9.17, 15) is 0 Å². The summed E-state index contributed by atoms with van der Waals surface area (Å²) < 4.78 is 0. The standard InChI is InChI=1S/C15H26N2/c1-4-17(5-2)13-9-12-16-14(3)15-10-7-6-8-11-15/h6-8,10-11,14,16H,4-5,9,12-13H2,1-3H3/t14-/m1/s1. The molecular formula is C15H26N2. The van der Waals surface area contributed by atoms with E-state index in [1.165, 1.54) is 18.5 Å². The van der Waals surface area contributed by atoms with Crippen LogP contribution in [0.15, 0.2) is 30.3 Å². The van der Waals surface area contributed by atoms with Crippen molar-refractivity contribution in [1.29, 1.82) is 0 Å². The minimum absolute atomic E-state index is 0.452. The molecule has 0 saturated heterocycles. The highest BCUT2D eigenvalue weighted by Crippen LogP contribution is 2.10. The maximum absolute atomic E-state index is 3.58. The van der Waals surface area contributed by atoms with Crippen LogP contribution in [0.1, 0.15) is 38.8 Å². The van der Waals surface area contributed by atoms with Crippen LogP contribution in [-0.2, 0) is 0 Å². The van der Waals surface area contributed by atoms with Crippen molar-refractivity contribution in [3.8, 4) is 0 Å². The largest absolute Gasteiger partial charge is 0.310 e. The molecule has 0 radical (unpaired) electrons. The first-order valence-corrected chi connectivity index (χ1v) is 6.78. The van der Waals surface area contributed by atoms with Gasteiger partial charge in [-0.15, -0.1) is 0 Å². The molecule has 0 aliphatic carbocycles. The third-order valence-electron chi connectivity index (χ3n) is 3.30. The number of nitrogens with one attached hydrogen (secondary N) is 1. The summed E-state index contributed by atoms with van der Waals surface area (Å²) in [5.41, 5.74) is 1.37. The normalized spacial score (nSPS) is 12.9. The van der Waals surface area contributed by atoms with E-state index < -0.39 is 0 Å². The Balaban J connectivity index is 2.19. The molecule has 0 bridgehead atoms. The molecule has 0 fully saturated rings. The topological polar surface area (TPSA) is 15.3 Å². The molecule has 0 spiro atoms. The van der Waals surface area contributed by atoms with E-state index >= 15 is 0 Å². The molecule has 1 aromatic rings. The van der Waals surface area contributed by atoms with E-state index in [1.807, 2.05) is 0 Å². The summed E-state index contributed by atoms with van der Waals surface area (Å²) >= 11 is 0. The van der Waals surface area contributed by atoms with E-state index in [-0.39, 0.29) is 0 Å². The van der Waals surface area contributed by atoms with E-state index in [0.29, 0.717) is 6.04 Å². The van der Waals surface area contributed by atoms with Gasteiger partial charge in [0.15, 0.2) is 0 Å². The van der Waals surface area contributed by atoms with E-state index in [1.54, 1.807) is 0 Å². The summed E-state index contributed by atoms with van der Waals surface area (Å²) in [6.45, 7) is 11.3. The first-order valence-electron chi connectivity index (χ1n) is 6.78. The van der Waals surface area contributed by atoms with Gasteiger partial charge in [0.1, 0.15) is 0 Å². The maximum Gasteiger partial charge on any atom is 0.0291 e. The van der Waals surface area contributed by atoms with Gasteiger partial charge >= 0.3 is 0 Å². The Kier molecular flexibility index (Phi) is 6.90. The average Bonchev–Trinajstić information content (AvgIpc) is 2.40. The fraction of sp³-hybridized carbons (Fsp3) is 0.600. The lowest BCUT2D eigenvalue weighted by molar-refractivity contribution is 0.296. The van der Waals surface area contributed by atoms with Crippen LogP contribution in [0, 0.1) is 0 Å². The lowest BCUT2D eigenvalue weighted by Gasteiger charge is -2.19. The molecule has 17 heavy (non-hydrogen) atoms. The van der Waals surface area contributed by atoms with E-state index in [2.05, 4.69) is 61.3 Å². The van der Waals surface area contributed by atoms with Gasteiger partial charge in [-0.05, 0) is 45.1 Å². The Labute approximate surface area is 106 Å². The Bertz CT molecular complexity index is 280. The Hall–Kier alpha value is -0.860. The smallest absolute Gasteiger partial charge is 0.0291 e. The molecule has 2 heteroatoms. The molecule has 0 saturated carbocycles. The lowest BCUT2D eigenvalue weighted by atomic mass is 10.1. The fourth-order valence-corrected chi connectivity index (χ4v) is 2.02. The zero-order valence-electron chi connectivity index (χ0n) is 11.4. The number of benzene rings is 1. The number of hydrogen-bond acceptors (Lipinski definition) is 2. The van der Waals surface area contributed by atoms with Gasteiger partial charge in [0.2, 0.25) is 0 Å². The molecule has 0 aliphatic rings. The van der Waals surface area contributed by atoms with E-state index in [0.717, 1.165) is 19.6 Å². The van der Waals surface area contributed by atoms with Gasteiger partial charge in [0.05, 0.1) is 0 Å². The average molecular weight is 234 g/mol. The quantitative estimate of drug-likeness (QED) is 0.695. The first-order chi connectivity index (χ1) is 8.27. The van der Waals surface area contributed by atoms with Crippen molar-refractivity contribution in [3.05, 3.63) is 35.9 Å².